The lowest BCUT2D eigenvalue weighted by Crippen LogP contribution is -2.18. The highest BCUT2D eigenvalue weighted by Gasteiger charge is 2.16. The van der Waals surface area contributed by atoms with Gasteiger partial charge in [-0.1, -0.05) is 20.3 Å². The standard InChI is InChI=1S/C7H13ClO/c1-4-5(2)7(8)6(3)9/h5,7H,4H2,1-3H3. The lowest BCUT2D eigenvalue weighted by atomic mass is 10.0. The van der Waals surface area contributed by atoms with Gasteiger partial charge >= 0.3 is 0 Å². The molecule has 0 aromatic carbocycles. The predicted molar refractivity (Wildman–Crippen MR) is 39.8 cm³/mol. The Morgan fingerprint density at radius 1 is 1.67 bits per heavy atom. The Balaban J connectivity index is 3.72. The third kappa shape index (κ3) is 2.85. The number of rotatable bonds is 3. The maximum Gasteiger partial charge on any atom is 0.147 e. The molecule has 2 heteroatoms. The van der Waals surface area contributed by atoms with Crippen LogP contribution in [0.3, 0.4) is 0 Å². The van der Waals surface area contributed by atoms with Crippen molar-refractivity contribution in [1.82, 2.24) is 0 Å². The summed E-state index contributed by atoms with van der Waals surface area (Å²) in [6, 6.07) is 0. The van der Waals surface area contributed by atoms with Gasteiger partial charge in [0.15, 0.2) is 0 Å². The fourth-order valence-corrected chi connectivity index (χ4v) is 0.786. The SMILES string of the molecule is CCC(C)C(Cl)C(C)=O. The van der Waals surface area contributed by atoms with Crippen molar-refractivity contribution in [3.05, 3.63) is 0 Å². The number of hydrogen-bond donors (Lipinski definition) is 0. The van der Waals surface area contributed by atoms with Crippen LogP contribution in [0, 0.1) is 5.92 Å². The van der Waals surface area contributed by atoms with Crippen LogP contribution in [-0.2, 0) is 4.79 Å². The number of alkyl halides is 1. The summed E-state index contributed by atoms with van der Waals surface area (Å²) >= 11 is 5.72. The van der Waals surface area contributed by atoms with Crippen molar-refractivity contribution in [2.75, 3.05) is 0 Å². The average Bonchev–Trinajstić information content (AvgIpc) is 1.84. The molecule has 0 aliphatic carbocycles. The van der Waals surface area contributed by atoms with Crippen molar-refractivity contribution in [1.29, 1.82) is 0 Å². The zero-order chi connectivity index (χ0) is 7.44. The lowest BCUT2D eigenvalue weighted by Gasteiger charge is -2.11. The maximum absolute atomic E-state index is 10.6. The van der Waals surface area contributed by atoms with Crippen LogP contribution in [-0.4, -0.2) is 11.2 Å². The Labute approximate surface area is 61.4 Å². The molecule has 54 valence electrons. The van der Waals surface area contributed by atoms with Crippen molar-refractivity contribution in [2.45, 2.75) is 32.6 Å². The number of halogens is 1. The Hall–Kier alpha value is -0.0400. The second-order valence-electron chi connectivity index (χ2n) is 2.40. The number of Topliss-reactive ketones (excluding diaryl/α,β-unsaturated/α-hetero) is 1. The van der Waals surface area contributed by atoms with Crippen molar-refractivity contribution in [3.63, 3.8) is 0 Å². The molecule has 2 atom stereocenters. The molecule has 0 saturated carbocycles. The van der Waals surface area contributed by atoms with Gasteiger partial charge in [0, 0.05) is 0 Å². The van der Waals surface area contributed by atoms with Gasteiger partial charge in [0.2, 0.25) is 0 Å². The number of carbonyl (C=O) groups excluding carboxylic acids is 1. The third-order valence-corrected chi connectivity index (χ3v) is 2.27. The topological polar surface area (TPSA) is 17.1 Å². The van der Waals surface area contributed by atoms with E-state index in [4.69, 9.17) is 11.6 Å². The van der Waals surface area contributed by atoms with Crippen LogP contribution in [0.5, 0.6) is 0 Å². The van der Waals surface area contributed by atoms with Gasteiger partial charge in [-0.3, -0.25) is 4.79 Å². The number of hydrogen-bond acceptors (Lipinski definition) is 1. The minimum Gasteiger partial charge on any atom is -0.298 e. The van der Waals surface area contributed by atoms with E-state index in [-0.39, 0.29) is 11.2 Å². The highest BCUT2D eigenvalue weighted by Crippen LogP contribution is 2.14. The van der Waals surface area contributed by atoms with Crippen LogP contribution in [0.25, 0.3) is 0 Å². The fourth-order valence-electron chi connectivity index (χ4n) is 0.608. The molecule has 0 fully saturated rings. The summed E-state index contributed by atoms with van der Waals surface area (Å²) in [5.41, 5.74) is 0. The smallest absolute Gasteiger partial charge is 0.147 e. The molecule has 0 heterocycles. The maximum atomic E-state index is 10.6. The largest absolute Gasteiger partial charge is 0.298 e. The normalized spacial score (nSPS) is 16.9. The first-order valence-electron chi connectivity index (χ1n) is 3.24. The van der Waals surface area contributed by atoms with Crippen molar-refractivity contribution in [3.8, 4) is 0 Å². The van der Waals surface area contributed by atoms with Gasteiger partial charge in [-0.25, -0.2) is 0 Å². The Kier molecular flexibility index (Phi) is 3.87. The summed E-state index contributed by atoms with van der Waals surface area (Å²) in [5, 5.41) is -0.282. The number of carbonyl (C=O) groups is 1. The van der Waals surface area contributed by atoms with Gasteiger partial charge < -0.3 is 0 Å². The second-order valence-corrected chi connectivity index (χ2v) is 2.87. The monoisotopic (exact) mass is 148 g/mol. The summed E-state index contributed by atoms with van der Waals surface area (Å²) < 4.78 is 0. The first kappa shape index (κ1) is 8.96. The summed E-state index contributed by atoms with van der Waals surface area (Å²) in [6.45, 7) is 5.55. The molecule has 2 unspecified atom stereocenters. The Morgan fingerprint density at radius 3 is 2.22 bits per heavy atom. The van der Waals surface area contributed by atoms with Crippen molar-refractivity contribution >= 4 is 17.4 Å². The molecule has 0 rings (SSSR count). The molecule has 0 N–H and O–H groups in total. The van der Waals surface area contributed by atoms with E-state index >= 15 is 0 Å². The Bertz CT molecular complexity index is 101. The van der Waals surface area contributed by atoms with Crippen LogP contribution in [0.2, 0.25) is 0 Å². The third-order valence-electron chi connectivity index (χ3n) is 1.53. The molecule has 1 nitrogen and oxygen atoms in total. The fraction of sp³-hybridized carbons (Fsp3) is 0.857. The minimum absolute atomic E-state index is 0.0750. The summed E-state index contributed by atoms with van der Waals surface area (Å²) in [5.74, 6) is 0.384. The molecular weight excluding hydrogens is 136 g/mol. The molecular formula is C7H13ClO. The first-order chi connectivity index (χ1) is 4.09. The summed E-state index contributed by atoms with van der Waals surface area (Å²) in [7, 11) is 0. The Morgan fingerprint density at radius 2 is 2.11 bits per heavy atom. The molecule has 0 aromatic heterocycles. The van der Waals surface area contributed by atoms with Gasteiger partial charge in [0.1, 0.15) is 5.78 Å². The molecule has 0 spiro atoms. The van der Waals surface area contributed by atoms with Gasteiger partial charge in [-0.05, 0) is 12.8 Å². The average molecular weight is 149 g/mol. The zero-order valence-electron chi connectivity index (χ0n) is 6.15. The minimum atomic E-state index is -0.282. The van der Waals surface area contributed by atoms with Gasteiger partial charge in [-0.15, -0.1) is 11.6 Å². The van der Waals surface area contributed by atoms with E-state index in [2.05, 4.69) is 0 Å². The van der Waals surface area contributed by atoms with Crippen molar-refractivity contribution in [2.24, 2.45) is 5.92 Å². The number of ketones is 1. The molecule has 0 radical (unpaired) electrons. The van der Waals surface area contributed by atoms with E-state index in [9.17, 15) is 4.79 Å². The van der Waals surface area contributed by atoms with Crippen molar-refractivity contribution < 1.29 is 4.79 Å². The summed E-state index contributed by atoms with van der Waals surface area (Å²) in [4.78, 5) is 10.6. The molecule has 0 aromatic rings. The van der Waals surface area contributed by atoms with E-state index < -0.39 is 0 Å². The highest BCUT2D eigenvalue weighted by atomic mass is 35.5. The van der Waals surface area contributed by atoms with E-state index in [1.165, 1.54) is 6.92 Å². The molecule has 0 saturated heterocycles. The van der Waals surface area contributed by atoms with E-state index in [1.807, 2.05) is 13.8 Å². The molecule has 0 aliphatic rings. The molecule has 0 bridgehead atoms. The van der Waals surface area contributed by atoms with Gasteiger partial charge in [0.05, 0.1) is 5.38 Å². The van der Waals surface area contributed by atoms with E-state index in [0.717, 1.165) is 6.42 Å². The quantitative estimate of drug-likeness (QED) is 0.561. The van der Waals surface area contributed by atoms with Gasteiger partial charge in [-0.2, -0.15) is 0 Å². The van der Waals surface area contributed by atoms with Crippen LogP contribution < -0.4 is 0 Å². The van der Waals surface area contributed by atoms with Crippen LogP contribution in [0.1, 0.15) is 27.2 Å². The van der Waals surface area contributed by atoms with Crippen LogP contribution >= 0.6 is 11.6 Å². The predicted octanol–water partition coefficient (Wildman–Crippen LogP) is 2.23. The lowest BCUT2D eigenvalue weighted by molar-refractivity contribution is -0.117. The first-order valence-corrected chi connectivity index (χ1v) is 3.67. The molecule has 0 amide bonds. The van der Waals surface area contributed by atoms with E-state index in [0.29, 0.717) is 5.92 Å². The van der Waals surface area contributed by atoms with Crippen LogP contribution in [0.15, 0.2) is 0 Å². The van der Waals surface area contributed by atoms with E-state index in [1.54, 1.807) is 0 Å². The highest BCUT2D eigenvalue weighted by molar-refractivity contribution is 6.30. The zero-order valence-corrected chi connectivity index (χ0v) is 6.90. The molecule has 0 aliphatic heterocycles. The van der Waals surface area contributed by atoms with Crippen LogP contribution in [0.4, 0.5) is 0 Å². The second kappa shape index (κ2) is 3.89. The molecule has 9 heavy (non-hydrogen) atoms. The summed E-state index contributed by atoms with van der Waals surface area (Å²) in [6.07, 6.45) is 0.966. The van der Waals surface area contributed by atoms with Gasteiger partial charge in [0.25, 0.3) is 0 Å².